The smallest absolute Gasteiger partial charge is 0.127 e. The molecule has 1 aliphatic heterocycles. The molecule has 2 rings (SSSR count). The highest BCUT2D eigenvalue weighted by Crippen LogP contribution is 2.26. The number of aryl methyl sites for hydroxylation is 1. The average Bonchev–Trinajstić information content (AvgIpc) is 2.46. The SMILES string of the molecule is CC(C)n1ncc2c1N[C@H](C)CC2. The summed E-state index contributed by atoms with van der Waals surface area (Å²) in [6.07, 6.45) is 4.38. The topological polar surface area (TPSA) is 29.9 Å². The van der Waals surface area contributed by atoms with E-state index in [1.54, 1.807) is 0 Å². The van der Waals surface area contributed by atoms with Crippen molar-refractivity contribution < 1.29 is 0 Å². The summed E-state index contributed by atoms with van der Waals surface area (Å²) in [4.78, 5) is 0. The Balaban J connectivity index is 2.35. The summed E-state index contributed by atoms with van der Waals surface area (Å²) in [5.41, 5.74) is 1.37. The number of fused-ring (bicyclic) bond motifs is 1. The van der Waals surface area contributed by atoms with Crippen molar-refractivity contribution in [3.63, 3.8) is 0 Å². The van der Waals surface area contributed by atoms with Gasteiger partial charge < -0.3 is 5.32 Å². The van der Waals surface area contributed by atoms with Crippen molar-refractivity contribution in [3.8, 4) is 0 Å². The molecule has 0 saturated heterocycles. The van der Waals surface area contributed by atoms with Gasteiger partial charge in [0.1, 0.15) is 5.82 Å². The van der Waals surface area contributed by atoms with Crippen molar-refractivity contribution in [2.45, 2.75) is 45.7 Å². The Kier molecular flexibility index (Phi) is 2.02. The van der Waals surface area contributed by atoms with Crippen molar-refractivity contribution in [2.24, 2.45) is 0 Å². The van der Waals surface area contributed by atoms with Crippen LogP contribution in [0.2, 0.25) is 0 Å². The lowest BCUT2D eigenvalue weighted by molar-refractivity contribution is 0.529. The first-order valence-corrected chi connectivity index (χ1v) is 5.01. The minimum Gasteiger partial charge on any atom is -0.368 e. The van der Waals surface area contributed by atoms with Gasteiger partial charge in [-0.15, -0.1) is 0 Å². The molecule has 3 heteroatoms. The molecule has 1 aromatic rings. The Labute approximate surface area is 79.1 Å². The molecule has 1 aromatic heterocycles. The maximum Gasteiger partial charge on any atom is 0.127 e. The van der Waals surface area contributed by atoms with Crippen molar-refractivity contribution in [1.29, 1.82) is 0 Å². The minimum atomic E-state index is 0.446. The number of aromatic nitrogens is 2. The van der Waals surface area contributed by atoms with Gasteiger partial charge in [-0.3, -0.25) is 0 Å². The van der Waals surface area contributed by atoms with Crippen LogP contribution < -0.4 is 5.32 Å². The summed E-state index contributed by atoms with van der Waals surface area (Å²) in [6, 6.07) is 1.03. The molecule has 1 N–H and O–H groups in total. The zero-order valence-corrected chi connectivity index (χ0v) is 8.54. The fraction of sp³-hybridized carbons (Fsp3) is 0.700. The maximum absolute atomic E-state index is 4.39. The highest BCUT2D eigenvalue weighted by atomic mass is 15.3. The number of rotatable bonds is 1. The van der Waals surface area contributed by atoms with Crippen LogP contribution in [0.4, 0.5) is 5.82 Å². The lowest BCUT2D eigenvalue weighted by Crippen LogP contribution is -2.24. The average molecular weight is 179 g/mol. The molecule has 3 nitrogen and oxygen atoms in total. The lowest BCUT2D eigenvalue weighted by Gasteiger charge is -2.23. The van der Waals surface area contributed by atoms with Crippen LogP contribution in [0.5, 0.6) is 0 Å². The molecule has 0 radical (unpaired) electrons. The zero-order valence-electron chi connectivity index (χ0n) is 8.54. The molecule has 0 saturated carbocycles. The van der Waals surface area contributed by atoms with Gasteiger partial charge in [-0.2, -0.15) is 5.10 Å². The lowest BCUT2D eigenvalue weighted by atomic mass is 10.0. The minimum absolute atomic E-state index is 0.446. The van der Waals surface area contributed by atoms with E-state index in [0.29, 0.717) is 12.1 Å². The molecule has 0 unspecified atom stereocenters. The van der Waals surface area contributed by atoms with E-state index in [9.17, 15) is 0 Å². The van der Waals surface area contributed by atoms with Gasteiger partial charge in [0.15, 0.2) is 0 Å². The summed E-state index contributed by atoms with van der Waals surface area (Å²) < 4.78 is 2.07. The second kappa shape index (κ2) is 3.05. The van der Waals surface area contributed by atoms with Crippen LogP contribution in [0.25, 0.3) is 0 Å². The molecule has 0 aromatic carbocycles. The van der Waals surface area contributed by atoms with Crippen LogP contribution in [-0.4, -0.2) is 15.8 Å². The number of nitrogens with one attached hydrogen (secondary N) is 1. The first kappa shape index (κ1) is 8.60. The van der Waals surface area contributed by atoms with Crippen LogP contribution in [0.15, 0.2) is 6.20 Å². The molecule has 0 fully saturated rings. The van der Waals surface area contributed by atoms with Crippen molar-refractivity contribution in [3.05, 3.63) is 11.8 Å². The van der Waals surface area contributed by atoms with E-state index in [1.165, 1.54) is 17.8 Å². The van der Waals surface area contributed by atoms with Crippen LogP contribution in [-0.2, 0) is 6.42 Å². The van der Waals surface area contributed by atoms with Gasteiger partial charge in [0, 0.05) is 17.6 Å². The first-order chi connectivity index (χ1) is 6.18. The third kappa shape index (κ3) is 1.43. The molecule has 0 amide bonds. The van der Waals surface area contributed by atoms with Crippen LogP contribution in [0, 0.1) is 0 Å². The van der Waals surface area contributed by atoms with Gasteiger partial charge in [-0.25, -0.2) is 4.68 Å². The van der Waals surface area contributed by atoms with Gasteiger partial charge >= 0.3 is 0 Å². The fourth-order valence-corrected chi connectivity index (χ4v) is 1.81. The van der Waals surface area contributed by atoms with E-state index in [0.717, 1.165) is 6.42 Å². The van der Waals surface area contributed by atoms with Crippen molar-refractivity contribution in [2.75, 3.05) is 5.32 Å². The first-order valence-electron chi connectivity index (χ1n) is 5.01. The summed E-state index contributed by atoms with van der Waals surface area (Å²) in [6.45, 7) is 6.54. The summed E-state index contributed by atoms with van der Waals surface area (Å²) in [5, 5.41) is 7.88. The van der Waals surface area contributed by atoms with Gasteiger partial charge in [0.05, 0.1) is 6.20 Å². The standard InChI is InChI=1S/C10H17N3/c1-7(2)13-10-9(6-11-13)5-4-8(3)12-10/h6-8,12H,4-5H2,1-3H3/t8-/m1/s1. The van der Waals surface area contributed by atoms with E-state index in [2.05, 4.69) is 35.9 Å². The van der Waals surface area contributed by atoms with Gasteiger partial charge in [-0.05, 0) is 33.6 Å². The van der Waals surface area contributed by atoms with E-state index in [-0.39, 0.29) is 0 Å². The van der Waals surface area contributed by atoms with Crippen molar-refractivity contribution in [1.82, 2.24) is 9.78 Å². The van der Waals surface area contributed by atoms with Crippen LogP contribution in [0.1, 0.15) is 38.8 Å². The molecule has 1 aliphatic rings. The monoisotopic (exact) mass is 179 g/mol. The molecule has 1 atom stereocenters. The quantitative estimate of drug-likeness (QED) is 0.716. The summed E-state index contributed by atoms with van der Waals surface area (Å²) in [5.74, 6) is 1.23. The van der Waals surface area contributed by atoms with E-state index >= 15 is 0 Å². The Morgan fingerprint density at radius 2 is 2.38 bits per heavy atom. The van der Waals surface area contributed by atoms with Gasteiger partial charge in [0.2, 0.25) is 0 Å². The third-order valence-electron chi connectivity index (χ3n) is 2.59. The zero-order chi connectivity index (χ0) is 9.42. The number of hydrogen-bond acceptors (Lipinski definition) is 2. The largest absolute Gasteiger partial charge is 0.368 e. The van der Waals surface area contributed by atoms with Crippen LogP contribution >= 0.6 is 0 Å². The highest BCUT2D eigenvalue weighted by Gasteiger charge is 2.19. The normalized spacial score (nSPS) is 21.4. The summed E-state index contributed by atoms with van der Waals surface area (Å²) in [7, 11) is 0. The predicted molar refractivity (Wildman–Crippen MR) is 54.0 cm³/mol. The number of nitrogens with zero attached hydrogens (tertiary/aromatic N) is 2. The van der Waals surface area contributed by atoms with Crippen LogP contribution in [0.3, 0.4) is 0 Å². The van der Waals surface area contributed by atoms with E-state index in [4.69, 9.17) is 0 Å². The Hall–Kier alpha value is -0.990. The van der Waals surface area contributed by atoms with Gasteiger partial charge in [0.25, 0.3) is 0 Å². The molecule has 2 heterocycles. The molecule has 0 bridgehead atoms. The highest BCUT2D eigenvalue weighted by molar-refractivity contribution is 5.47. The molecule has 72 valence electrons. The molecule has 0 aliphatic carbocycles. The number of anilines is 1. The molecular weight excluding hydrogens is 162 g/mol. The second-order valence-electron chi connectivity index (χ2n) is 4.14. The predicted octanol–water partition coefficient (Wildman–Crippen LogP) is 2.21. The molecular formula is C10H17N3. The molecule has 13 heavy (non-hydrogen) atoms. The maximum atomic E-state index is 4.39. The number of hydrogen-bond donors (Lipinski definition) is 1. The van der Waals surface area contributed by atoms with Crippen molar-refractivity contribution >= 4 is 5.82 Å². The second-order valence-corrected chi connectivity index (χ2v) is 4.14. The van der Waals surface area contributed by atoms with E-state index < -0.39 is 0 Å². The third-order valence-corrected chi connectivity index (χ3v) is 2.59. The summed E-state index contributed by atoms with van der Waals surface area (Å²) >= 11 is 0. The van der Waals surface area contributed by atoms with Gasteiger partial charge in [-0.1, -0.05) is 0 Å². The molecule has 0 spiro atoms. The Morgan fingerprint density at radius 1 is 1.62 bits per heavy atom. The Bertz CT molecular complexity index is 301. The van der Waals surface area contributed by atoms with E-state index in [1.807, 2.05) is 6.20 Å². The Morgan fingerprint density at radius 3 is 3.08 bits per heavy atom. The fourth-order valence-electron chi connectivity index (χ4n) is 1.81.